The largest absolute Gasteiger partial charge is 0.478 e. The zero-order valence-electron chi connectivity index (χ0n) is 16.8. The average Bonchev–Trinajstić information content (AvgIpc) is 2.75. The molecule has 0 aliphatic heterocycles. The van der Waals surface area contributed by atoms with E-state index in [-0.39, 0.29) is 16.9 Å². The van der Waals surface area contributed by atoms with Crippen molar-refractivity contribution in [3.63, 3.8) is 0 Å². The molecule has 33 heavy (non-hydrogen) atoms. The molecular formula is C22H17F5O6. The van der Waals surface area contributed by atoms with Crippen LogP contribution in [0.4, 0.5) is 22.0 Å². The fourth-order valence-electron chi connectivity index (χ4n) is 2.41. The zero-order chi connectivity index (χ0) is 24.6. The maximum absolute atomic E-state index is 12.8. The van der Waals surface area contributed by atoms with Gasteiger partial charge in [-0.2, -0.15) is 22.0 Å². The molecule has 0 aromatic heterocycles. The van der Waals surface area contributed by atoms with Gasteiger partial charge in [-0.3, -0.25) is 0 Å². The molecule has 0 saturated carbocycles. The molecule has 0 fully saturated rings. The Morgan fingerprint density at radius 2 is 1.39 bits per heavy atom. The van der Waals surface area contributed by atoms with Crippen LogP contribution >= 0.6 is 0 Å². The molecule has 6 nitrogen and oxygen atoms in total. The summed E-state index contributed by atoms with van der Waals surface area (Å²) in [4.78, 5) is 34.5. The Labute approximate surface area is 184 Å². The second-order valence-corrected chi connectivity index (χ2v) is 6.65. The van der Waals surface area contributed by atoms with E-state index in [2.05, 4.69) is 4.74 Å². The number of hydrogen-bond acceptors (Lipinski definition) is 5. The monoisotopic (exact) mass is 472 g/mol. The van der Waals surface area contributed by atoms with Crippen molar-refractivity contribution in [2.24, 2.45) is 0 Å². The second kappa shape index (κ2) is 10.7. The van der Waals surface area contributed by atoms with Crippen LogP contribution in [-0.2, 0) is 9.53 Å². The lowest BCUT2D eigenvalue weighted by atomic mass is 10.1. The van der Waals surface area contributed by atoms with Gasteiger partial charge in [0, 0.05) is 12.5 Å². The molecule has 0 saturated heterocycles. The van der Waals surface area contributed by atoms with Gasteiger partial charge >= 0.3 is 30.0 Å². The molecule has 0 aliphatic carbocycles. The van der Waals surface area contributed by atoms with Crippen LogP contribution < -0.4 is 4.74 Å². The van der Waals surface area contributed by atoms with Crippen LogP contribution in [-0.4, -0.2) is 41.7 Å². The van der Waals surface area contributed by atoms with Crippen LogP contribution in [0.5, 0.6) is 5.75 Å². The third-order valence-electron chi connectivity index (χ3n) is 4.15. The van der Waals surface area contributed by atoms with Crippen molar-refractivity contribution >= 4 is 24.0 Å². The molecule has 2 rings (SSSR count). The first-order chi connectivity index (χ1) is 15.4. The lowest BCUT2D eigenvalue weighted by molar-refractivity contribution is -0.284. The third-order valence-corrected chi connectivity index (χ3v) is 4.15. The summed E-state index contributed by atoms with van der Waals surface area (Å²) in [5.74, 6) is -7.55. The van der Waals surface area contributed by atoms with Crippen molar-refractivity contribution < 1.29 is 50.9 Å². The van der Waals surface area contributed by atoms with Crippen LogP contribution in [0.2, 0.25) is 0 Å². The van der Waals surface area contributed by atoms with E-state index in [4.69, 9.17) is 9.84 Å². The summed E-state index contributed by atoms with van der Waals surface area (Å²) in [6.45, 7) is -0.626. The topological polar surface area (TPSA) is 89.9 Å². The Morgan fingerprint density at radius 1 is 0.848 bits per heavy atom. The first-order valence-electron chi connectivity index (χ1n) is 9.34. The number of carbonyl (C=O) groups excluding carboxylic acids is 2. The van der Waals surface area contributed by atoms with E-state index in [1.54, 1.807) is 0 Å². The third kappa shape index (κ3) is 7.70. The molecular weight excluding hydrogens is 455 g/mol. The van der Waals surface area contributed by atoms with Gasteiger partial charge in [-0.15, -0.1) is 0 Å². The van der Waals surface area contributed by atoms with Gasteiger partial charge < -0.3 is 14.6 Å². The summed E-state index contributed by atoms with van der Waals surface area (Å²) in [6.07, 6.45) is -5.56. The van der Waals surface area contributed by atoms with E-state index in [0.717, 1.165) is 6.08 Å². The minimum absolute atomic E-state index is 0.0213. The van der Waals surface area contributed by atoms with Crippen molar-refractivity contribution in [3.05, 3.63) is 71.3 Å². The molecule has 1 N–H and O–H groups in total. The Kier molecular flexibility index (Phi) is 8.27. The van der Waals surface area contributed by atoms with Crippen molar-refractivity contribution in [3.8, 4) is 5.75 Å². The van der Waals surface area contributed by atoms with E-state index in [9.17, 15) is 36.3 Å². The van der Waals surface area contributed by atoms with Crippen molar-refractivity contribution in [1.82, 2.24) is 0 Å². The molecule has 0 atom stereocenters. The van der Waals surface area contributed by atoms with E-state index in [0.29, 0.717) is 5.56 Å². The van der Waals surface area contributed by atoms with Crippen LogP contribution in [0.3, 0.4) is 0 Å². The molecule has 2 aromatic rings. The summed E-state index contributed by atoms with van der Waals surface area (Å²) in [5, 5.41) is 8.59. The standard InChI is InChI=1S/C22H17F5O6/c23-21(24,22(25,26)27)12-1-13-32-19(30)15-7-9-17(10-8-15)33-20(31)16-5-2-14(3-6-16)4-11-18(28)29/h2-11H,1,12-13H2,(H,28,29). The van der Waals surface area contributed by atoms with Crippen molar-refractivity contribution in [2.45, 2.75) is 24.9 Å². The molecule has 2 aromatic carbocycles. The number of hydrogen-bond donors (Lipinski definition) is 1. The average molecular weight is 472 g/mol. The zero-order valence-corrected chi connectivity index (χ0v) is 16.8. The predicted molar refractivity (Wildman–Crippen MR) is 105 cm³/mol. The molecule has 0 bridgehead atoms. The highest BCUT2D eigenvalue weighted by Crippen LogP contribution is 2.38. The minimum atomic E-state index is -5.66. The SMILES string of the molecule is O=C(O)C=Cc1ccc(C(=O)Oc2ccc(C(=O)OCCCC(F)(F)C(F)(F)F)cc2)cc1. The fourth-order valence-corrected chi connectivity index (χ4v) is 2.41. The molecule has 176 valence electrons. The van der Waals surface area contributed by atoms with Gasteiger partial charge in [0.25, 0.3) is 0 Å². The number of carboxylic acid groups (broad SMARTS) is 1. The molecule has 0 heterocycles. The van der Waals surface area contributed by atoms with Crippen LogP contribution in [0.25, 0.3) is 6.08 Å². The summed E-state index contributed by atoms with van der Waals surface area (Å²) in [6, 6.07) is 10.9. The smallest absolute Gasteiger partial charge is 0.453 e. The minimum Gasteiger partial charge on any atom is -0.478 e. The highest BCUT2D eigenvalue weighted by Gasteiger charge is 2.56. The Bertz CT molecular complexity index is 1010. The first kappa shape index (κ1) is 25.5. The van der Waals surface area contributed by atoms with Gasteiger partial charge in [0.1, 0.15) is 5.75 Å². The predicted octanol–water partition coefficient (Wildman–Crippen LogP) is 5.14. The quantitative estimate of drug-likeness (QED) is 0.179. The molecule has 0 aliphatic rings. The van der Waals surface area contributed by atoms with Gasteiger partial charge in [-0.1, -0.05) is 12.1 Å². The summed E-state index contributed by atoms with van der Waals surface area (Å²) < 4.78 is 71.7. The van der Waals surface area contributed by atoms with Gasteiger partial charge in [0.15, 0.2) is 0 Å². The van der Waals surface area contributed by atoms with E-state index < -0.39 is 49.5 Å². The van der Waals surface area contributed by atoms with Crippen LogP contribution in [0.15, 0.2) is 54.6 Å². The number of halogens is 5. The number of alkyl halides is 5. The number of rotatable bonds is 9. The summed E-state index contributed by atoms with van der Waals surface area (Å²) in [5.41, 5.74) is 0.715. The van der Waals surface area contributed by atoms with Crippen LogP contribution in [0.1, 0.15) is 39.1 Å². The van der Waals surface area contributed by atoms with Crippen molar-refractivity contribution in [2.75, 3.05) is 6.61 Å². The van der Waals surface area contributed by atoms with Crippen LogP contribution in [0, 0.1) is 0 Å². The number of ether oxygens (including phenoxy) is 2. The lowest BCUT2D eigenvalue weighted by Crippen LogP contribution is -2.36. The molecule has 0 unspecified atom stereocenters. The maximum atomic E-state index is 12.8. The van der Waals surface area contributed by atoms with Gasteiger partial charge in [0.05, 0.1) is 17.7 Å². The number of aliphatic carboxylic acids is 1. The van der Waals surface area contributed by atoms with Gasteiger partial charge in [-0.05, 0) is 54.5 Å². The number of carboxylic acids is 1. The number of esters is 2. The first-order valence-corrected chi connectivity index (χ1v) is 9.34. The van der Waals surface area contributed by atoms with E-state index in [1.165, 1.54) is 54.6 Å². The van der Waals surface area contributed by atoms with Gasteiger partial charge in [0.2, 0.25) is 0 Å². The summed E-state index contributed by atoms with van der Waals surface area (Å²) in [7, 11) is 0. The summed E-state index contributed by atoms with van der Waals surface area (Å²) >= 11 is 0. The fraction of sp³-hybridized carbons (Fsp3) is 0.227. The Hall–Kier alpha value is -3.76. The van der Waals surface area contributed by atoms with E-state index in [1.807, 2.05) is 0 Å². The lowest BCUT2D eigenvalue weighted by Gasteiger charge is -2.19. The van der Waals surface area contributed by atoms with E-state index >= 15 is 0 Å². The molecule has 0 amide bonds. The van der Waals surface area contributed by atoms with Crippen molar-refractivity contribution in [1.29, 1.82) is 0 Å². The highest BCUT2D eigenvalue weighted by molar-refractivity contribution is 5.92. The molecule has 0 spiro atoms. The van der Waals surface area contributed by atoms with Gasteiger partial charge in [-0.25, -0.2) is 14.4 Å². The normalized spacial score (nSPS) is 11.9. The number of carbonyl (C=O) groups is 3. The Balaban J connectivity index is 1.86. The Morgan fingerprint density at radius 3 is 1.94 bits per heavy atom. The highest BCUT2D eigenvalue weighted by atomic mass is 19.4. The molecule has 11 heteroatoms. The second-order valence-electron chi connectivity index (χ2n) is 6.65. The number of benzene rings is 2. The molecule has 0 radical (unpaired) electrons. The maximum Gasteiger partial charge on any atom is 0.453 e.